The summed E-state index contributed by atoms with van der Waals surface area (Å²) in [5.41, 5.74) is 6.49. The summed E-state index contributed by atoms with van der Waals surface area (Å²) in [6, 6.07) is 0.643. The lowest BCUT2D eigenvalue weighted by atomic mass is 10.0. The predicted octanol–water partition coefficient (Wildman–Crippen LogP) is 2.57. The number of guanidine groups is 1. The van der Waals surface area contributed by atoms with Crippen LogP contribution in [0.4, 0.5) is 0 Å². The Balaban J connectivity index is 0.00000200. The van der Waals surface area contributed by atoms with E-state index in [2.05, 4.69) is 29.1 Å². The quantitative estimate of drug-likeness (QED) is 0.397. The van der Waals surface area contributed by atoms with Crippen LogP contribution in [-0.4, -0.2) is 43.1 Å². The van der Waals surface area contributed by atoms with E-state index in [-0.39, 0.29) is 24.0 Å². The zero-order chi connectivity index (χ0) is 13.7. The third kappa shape index (κ3) is 5.06. The molecule has 0 spiro atoms. The van der Waals surface area contributed by atoms with Crippen LogP contribution >= 0.6 is 24.0 Å². The first-order valence-electron chi connectivity index (χ1n) is 7.97. The average molecular weight is 394 g/mol. The summed E-state index contributed by atoms with van der Waals surface area (Å²) in [5.74, 6) is 0.644. The highest BCUT2D eigenvalue weighted by Gasteiger charge is 2.41. The molecule has 1 saturated carbocycles. The number of likely N-dealkylation sites (tertiary alicyclic amines) is 1. The van der Waals surface area contributed by atoms with Crippen molar-refractivity contribution in [1.82, 2.24) is 10.2 Å². The normalized spacial score (nSPS) is 25.3. The van der Waals surface area contributed by atoms with Crippen molar-refractivity contribution in [2.45, 2.75) is 58.4 Å². The molecule has 20 heavy (non-hydrogen) atoms. The maximum atomic E-state index is 5.99. The van der Waals surface area contributed by atoms with Gasteiger partial charge in [0.25, 0.3) is 0 Å². The van der Waals surface area contributed by atoms with Crippen LogP contribution < -0.4 is 11.1 Å². The maximum absolute atomic E-state index is 5.99. The van der Waals surface area contributed by atoms with Crippen molar-refractivity contribution in [2.24, 2.45) is 16.1 Å². The highest BCUT2D eigenvalue weighted by Crippen LogP contribution is 2.49. The second-order valence-electron chi connectivity index (χ2n) is 6.26. The van der Waals surface area contributed by atoms with E-state index in [1.165, 1.54) is 45.1 Å². The first-order chi connectivity index (χ1) is 9.19. The van der Waals surface area contributed by atoms with Crippen molar-refractivity contribution in [3.05, 3.63) is 0 Å². The second-order valence-corrected chi connectivity index (χ2v) is 6.26. The first kappa shape index (κ1) is 18.0. The van der Waals surface area contributed by atoms with E-state index < -0.39 is 0 Å². The van der Waals surface area contributed by atoms with Gasteiger partial charge in [0.15, 0.2) is 5.96 Å². The van der Waals surface area contributed by atoms with E-state index in [4.69, 9.17) is 5.73 Å². The fourth-order valence-corrected chi connectivity index (χ4v) is 3.27. The van der Waals surface area contributed by atoms with Gasteiger partial charge in [0.1, 0.15) is 0 Å². The Kier molecular flexibility index (Phi) is 7.58. The van der Waals surface area contributed by atoms with Crippen molar-refractivity contribution >= 4 is 29.9 Å². The Morgan fingerprint density at radius 2 is 2.15 bits per heavy atom. The molecule has 2 rings (SSSR count). The number of rotatable bonds is 7. The monoisotopic (exact) mass is 394 g/mol. The van der Waals surface area contributed by atoms with Crippen LogP contribution in [-0.2, 0) is 0 Å². The Bertz CT molecular complexity index is 315. The number of likely N-dealkylation sites (N-methyl/N-ethyl adjacent to an activating group) is 1. The zero-order valence-electron chi connectivity index (χ0n) is 13.0. The van der Waals surface area contributed by atoms with Crippen molar-refractivity contribution in [1.29, 1.82) is 0 Å². The minimum absolute atomic E-state index is 0. The molecule has 3 N–H and O–H groups in total. The van der Waals surface area contributed by atoms with Gasteiger partial charge in [-0.1, -0.05) is 20.3 Å². The third-order valence-electron chi connectivity index (χ3n) is 4.75. The van der Waals surface area contributed by atoms with Crippen LogP contribution in [0.25, 0.3) is 0 Å². The average Bonchev–Trinajstić information content (AvgIpc) is 3.02. The van der Waals surface area contributed by atoms with E-state index >= 15 is 0 Å². The van der Waals surface area contributed by atoms with Gasteiger partial charge in [0.05, 0.1) is 0 Å². The molecule has 1 aliphatic carbocycles. The molecule has 0 aromatic heterocycles. The fourth-order valence-electron chi connectivity index (χ4n) is 3.27. The van der Waals surface area contributed by atoms with Crippen LogP contribution in [0.5, 0.6) is 0 Å². The molecule has 2 fully saturated rings. The SMILES string of the molecule is CCCC1(CN=C(N)NCC2CCCN2CC)CC1.I. The Morgan fingerprint density at radius 3 is 2.75 bits per heavy atom. The molecule has 1 heterocycles. The van der Waals surface area contributed by atoms with Gasteiger partial charge in [-0.05, 0) is 50.6 Å². The molecule has 0 bridgehead atoms. The minimum atomic E-state index is 0. The standard InChI is InChI=1S/C15H30N4.HI/c1-3-7-15(8-9-15)12-18-14(16)17-11-13-6-5-10-19(13)4-2;/h13H,3-12H2,1-2H3,(H3,16,17,18);1H. The summed E-state index contributed by atoms with van der Waals surface area (Å²) in [4.78, 5) is 7.08. The lowest BCUT2D eigenvalue weighted by Gasteiger charge is -2.23. The van der Waals surface area contributed by atoms with Gasteiger partial charge in [-0.15, -0.1) is 24.0 Å². The smallest absolute Gasteiger partial charge is 0.188 e. The number of hydrogen-bond donors (Lipinski definition) is 2. The first-order valence-corrected chi connectivity index (χ1v) is 7.97. The molecule has 1 saturated heterocycles. The fraction of sp³-hybridized carbons (Fsp3) is 0.933. The van der Waals surface area contributed by atoms with Gasteiger partial charge < -0.3 is 11.1 Å². The van der Waals surface area contributed by atoms with Crippen LogP contribution in [0, 0.1) is 5.41 Å². The van der Waals surface area contributed by atoms with Gasteiger partial charge in [0, 0.05) is 19.1 Å². The Labute approximate surface area is 141 Å². The number of nitrogens with zero attached hydrogens (tertiary/aromatic N) is 2. The number of hydrogen-bond acceptors (Lipinski definition) is 2. The molecule has 5 heteroatoms. The number of nitrogens with one attached hydrogen (secondary N) is 1. The molecule has 1 aliphatic heterocycles. The maximum Gasteiger partial charge on any atom is 0.188 e. The molecule has 118 valence electrons. The van der Waals surface area contributed by atoms with Crippen LogP contribution in [0.15, 0.2) is 4.99 Å². The van der Waals surface area contributed by atoms with Gasteiger partial charge in [-0.2, -0.15) is 0 Å². The molecular formula is C15H31IN4. The van der Waals surface area contributed by atoms with Crippen molar-refractivity contribution in [2.75, 3.05) is 26.2 Å². The summed E-state index contributed by atoms with van der Waals surface area (Å²) in [6.45, 7) is 8.73. The van der Waals surface area contributed by atoms with Crippen LogP contribution in [0.3, 0.4) is 0 Å². The molecule has 0 radical (unpaired) electrons. The van der Waals surface area contributed by atoms with Gasteiger partial charge in [0.2, 0.25) is 0 Å². The summed E-state index contributed by atoms with van der Waals surface area (Å²) < 4.78 is 0. The predicted molar refractivity (Wildman–Crippen MR) is 96.8 cm³/mol. The third-order valence-corrected chi connectivity index (χ3v) is 4.75. The lowest BCUT2D eigenvalue weighted by molar-refractivity contribution is 0.267. The van der Waals surface area contributed by atoms with E-state index in [1.807, 2.05) is 0 Å². The lowest BCUT2D eigenvalue weighted by Crippen LogP contribution is -2.43. The van der Waals surface area contributed by atoms with Gasteiger partial charge >= 0.3 is 0 Å². The summed E-state index contributed by atoms with van der Waals surface area (Å²) in [7, 11) is 0. The molecule has 0 amide bonds. The van der Waals surface area contributed by atoms with E-state index in [1.54, 1.807) is 0 Å². The number of aliphatic imine (C=N–C) groups is 1. The van der Waals surface area contributed by atoms with Crippen molar-refractivity contribution < 1.29 is 0 Å². The topological polar surface area (TPSA) is 53.6 Å². The highest BCUT2D eigenvalue weighted by atomic mass is 127. The molecule has 0 aromatic carbocycles. The summed E-state index contributed by atoms with van der Waals surface area (Å²) in [5, 5.41) is 3.32. The van der Waals surface area contributed by atoms with Gasteiger partial charge in [-0.3, -0.25) is 9.89 Å². The van der Waals surface area contributed by atoms with E-state index in [9.17, 15) is 0 Å². The summed E-state index contributed by atoms with van der Waals surface area (Å²) >= 11 is 0. The number of nitrogens with two attached hydrogens (primary N) is 1. The van der Waals surface area contributed by atoms with E-state index in [0.29, 0.717) is 17.4 Å². The minimum Gasteiger partial charge on any atom is -0.370 e. The molecule has 0 aromatic rings. The van der Waals surface area contributed by atoms with Crippen LogP contribution in [0.1, 0.15) is 52.4 Å². The molecule has 2 aliphatic rings. The highest BCUT2D eigenvalue weighted by molar-refractivity contribution is 14.0. The summed E-state index contributed by atoms with van der Waals surface area (Å²) in [6.07, 6.45) is 7.84. The molecule has 1 atom stereocenters. The molecular weight excluding hydrogens is 363 g/mol. The van der Waals surface area contributed by atoms with Crippen molar-refractivity contribution in [3.8, 4) is 0 Å². The van der Waals surface area contributed by atoms with Crippen LogP contribution in [0.2, 0.25) is 0 Å². The largest absolute Gasteiger partial charge is 0.370 e. The van der Waals surface area contributed by atoms with Crippen molar-refractivity contribution in [3.63, 3.8) is 0 Å². The Hall–Kier alpha value is -0.0400. The molecule has 1 unspecified atom stereocenters. The zero-order valence-corrected chi connectivity index (χ0v) is 15.4. The van der Waals surface area contributed by atoms with E-state index in [0.717, 1.165) is 19.6 Å². The molecule has 4 nitrogen and oxygen atoms in total. The van der Waals surface area contributed by atoms with Gasteiger partial charge in [-0.25, -0.2) is 0 Å². The number of halogens is 1. The second kappa shape index (κ2) is 8.41. The Morgan fingerprint density at radius 1 is 1.40 bits per heavy atom.